The van der Waals surface area contributed by atoms with Crippen LogP contribution in [0.25, 0.3) is 0 Å². The zero-order chi connectivity index (χ0) is 13.3. The molecule has 1 unspecified atom stereocenters. The molecule has 0 heterocycles. The van der Waals surface area contributed by atoms with Gasteiger partial charge in [-0.15, -0.1) is 0 Å². The molecule has 0 bridgehead atoms. The maximum atomic E-state index is 10.4. The van der Waals surface area contributed by atoms with Gasteiger partial charge in [0.25, 0.3) is 0 Å². The fourth-order valence-electron chi connectivity index (χ4n) is 2.04. The van der Waals surface area contributed by atoms with E-state index >= 15 is 0 Å². The minimum atomic E-state index is -0.628. The zero-order valence-corrected chi connectivity index (χ0v) is 12.6. The highest BCUT2D eigenvalue weighted by Crippen LogP contribution is 2.29. The molecule has 2 rings (SSSR count). The summed E-state index contributed by atoms with van der Waals surface area (Å²) in [5, 5.41) is 11.0. The van der Waals surface area contributed by atoms with E-state index in [0.29, 0.717) is 5.02 Å². The molecule has 0 aliphatic heterocycles. The second-order valence-corrected chi connectivity index (χ2v) is 5.76. The van der Waals surface area contributed by atoms with Crippen molar-refractivity contribution in [3.63, 3.8) is 0 Å². The molecule has 0 aromatic heterocycles. The lowest BCUT2D eigenvalue weighted by atomic mass is 9.98. The first-order valence-electron chi connectivity index (χ1n) is 5.68. The molecule has 3 heteroatoms. The van der Waals surface area contributed by atoms with Gasteiger partial charge in [0.1, 0.15) is 6.10 Å². The largest absolute Gasteiger partial charge is 0.384 e. The van der Waals surface area contributed by atoms with Crippen molar-refractivity contribution in [2.45, 2.75) is 20.0 Å². The van der Waals surface area contributed by atoms with Crippen molar-refractivity contribution in [3.05, 3.63) is 68.1 Å². The maximum absolute atomic E-state index is 10.4. The molecule has 0 saturated carbocycles. The SMILES string of the molecule is Cc1cc(C)cc(C(O)c2ccc(Cl)c(Br)c2)c1. The van der Waals surface area contributed by atoms with Crippen molar-refractivity contribution in [3.8, 4) is 0 Å². The minimum absolute atomic E-state index is 0.628. The Bertz CT molecular complexity index is 560. The molecule has 0 fully saturated rings. The van der Waals surface area contributed by atoms with Crippen LogP contribution >= 0.6 is 27.5 Å². The molecule has 0 saturated heterocycles. The Hall–Kier alpha value is -0.830. The van der Waals surface area contributed by atoms with Crippen LogP contribution in [0.15, 0.2) is 40.9 Å². The van der Waals surface area contributed by atoms with Crippen molar-refractivity contribution in [2.75, 3.05) is 0 Å². The van der Waals surface area contributed by atoms with E-state index in [1.807, 2.05) is 38.1 Å². The van der Waals surface area contributed by atoms with Crippen LogP contribution in [-0.4, -0.2) is 5.11 Å². The first-order valence-corrected chi connectivity index (χ1v) is 6.85. The number of aliphatic hydroxyl groups excluding tert-OH is 1. The Morgan fingerprint density at radius 1 is 1.00 bits per heavy atom. The normalized spacial score (nSPS) is 12.5. The van der Waals surface area contributed by atoms with Crippen LogP contribution in [0.2, 0.25) is 5.02 Å². The van der Waals surface area contributed by atoms with Gasteiger partial charge in [-0.2, -0.15) is 0 Å². The van der Waals surface area contributed by atoms with Gasteiger partial charge in [-0.1, -0.05) is 47.0 Å². The molecule has 0 spiro atoms. The molecule has 0 radical (unpaired) electrons. The average Bonchev–Trinajstić information content (AvgIpc) is 2.30. The van der Waals surface area contributed by atoms with Crippen LogP contribution in [0.3, 0.4) is 0 Å². The van der Waals surface area contributed by atoms with E-state index in [9.17, 15) is 5.11 Å². The summed E-state index contributed by atoms with van der Waals surface area (Å²) < 4.78 is 0.796. The fourth-order valence-corrected chi connectivity index (χ4v) is 2.56. The van der Waals surface area contributed by atoms with Crippen LogP contribution in [0.5, 0.6) is 0 Å². The molecule has 18 heavy (non-hydrogen) atoms. The van der Waals surface area contributed by atoms with Crippen LogP contribution in [-0.2, 0) is 0 Å². The molecule has 2 aromatic rings. The Labute approximate surface area is 121 Å². The number of hydrogen-bond acceptors (Lipinski definition) is 1. The summed E-state index contributed by atoms with van der Waals surface area (Å²) in [6.45, 7) is 4.06. The molecule has 1 atom stereocenters. The summed E-state index contributed by atoms with van der Waals surface area (Å²) in [7, 11) is 0. The Morgan fingerprint density at radius 2 is 1.61 bits per heavy atom. The highest BCUT2D eigenvalue weighted by molar-refractivity contribution is 9.10. The van der Waals surface area contributed by atoms with Crippen LogP contribution < -0.4 is 0 Å². The molecule has 2 aromatic carbocycles. The summed E-state index contributed by atoms with van der Waals surface area (Å²) in [4.78, 5) is 0. The van der Waals surface area contributed by atoms with E-state index in [1.165, 1.54) is 0 Å². The number of aliphatic hydroxyl groups is 1. The van der Waals surface area contributed by atoms with E-state index in [1.54, 1.807) is 6.07 Å². The van der Waals surface area contributed by atoms with E-state index in [2.05, 4.69) is 22.0 Å². The van der Waals surface area contributed by atoms with Crippen LogP contribution in [0.4, 0.5) is 0 Å². The molecule has 0 amide bonds. The lowest BCUT2D eigenvalue weighted by molar-refractivity contribution is 0.220. The predicted molar refractivity (Wildman–Crippen MR) is 79.1 cm³/mol. The first kappa shape index (κ1) is 13.6. The lowest BCUT2D eigenvalue weighted by Crippen LogP contribution is -2.00. The number of halogens is 2. The third-order valence-electron chi connectivity index (χ3n) is 2.82. The van der Waals surface area contributed by atoms with E-state index in [4.69, 9.17) is 11.6 Å². The number of aryl methyl sites for hydroxylation is 2. The van der Waals surface area contributed by atoms with E-state index in [-0.39, 0.29) is 0 Å². The van der Waals surface area contributed by atoms with Gasteiger partial charge in [0.2, 0.25) is 0 Å². The van der Waals surface area contributed by atoms with Gasteiger partial charge < -0.3 is 5.11 Å². The average molecular weight is 326 g/mol. The number of hydrogen-bond donors (Lipinski definition) is 1. The molecular weight excluding hydrogens is 312 g/mol. The summed E-state index contributed by atoms with van der Waals surface area (Å²) in [5.74, 6) is 0. The van der Waals surface area contributed by atoms with Gasteiger partial charge >= 0.3 is 0 Å². The van der Waals surface area contributed by atoms with Crippen LogP contribution in [0, 0.1) is 13.8 Å². The quantitative estimate of drug-likeness (QED) is 0.841. The third-order valence-corrected chi connectivity index (χ3v) is 4.03. The summed E-state index contributed by atoms with van der Waals surface area (Å²) >= 11 is 9.33. The Morgan fingerprint density at radius 3 is 2.17 bits per heavy atom. The molecule has 1 nitrogen and oxygen atoms in total. The summed E-state index contributed by atoms with van der Waals surface area (Å²) in [6.07, 6.45) is -0.628. The monoisotopic (exact) mass is 324 g/mol. The highest BCUT2D eigenvalue weighted by atomic mass is 79.9. The van der Waals surface area contributed by atoms with Crippen LogP contribution in [0.1, 0.15) is 28.4 Å². The summed E-state index contributed by atoms with van der Waals surface area (Å²) in [6, 6.07) is 11.6. The smallest absolute Gasteiger partial charge is 0.104 e. The Kier molecular flexibility index (Phi) is 4.10. The number of benzene rings is 2. The molecular formula is C15H14BrClO. The van der Waals surface area contributed by atoms with Crippen molar-refractivity contribution in [1.29, 1.82) is 0 Å². The van der Waals surface area contributed by atoms with Gasteiger partial charge in [0, 0.05) is 4.47 Å². The van der Waals surface area contributed by atoms with Crippen molar-refractivity contribution in [1.82, 2.24) is 0 Å². The van der Waals surface area contributed by atoms with Crippen molar-refractivity contribution < 1.29 is 5.11 Å². The molecule has 0 aliphatic rings. The second-order valence-electron chi connectivity index (χ2n) is 4.50. The molecule has 1 N–H and O–H groups in total. The molecule has 0 aliphatic carbocycles. The summed E-state index contributed by atoms with van der Waals surface area (Å²) in [5.41, 5.74) is 4.03. The van der Waals surface area contributed by atoms with Gasteiger partial charge in [0.15, 0.2) is 0 Å². The van der Waals surface area contributed by atoms with E-state index in [0.717, 1.165) is 26.7 Å². The van der Waals surface area contributed by atoms with Gasteiger partial charge in [-0.05, 0) is 53.0 Å². The Balaban J connectivity index is 2.40. The van der Waals surface area contributed by atoms with Crippen molar-refractivity contribution in [2.24, 2.45) is 0 Å². The zero-order valence-electron chi connectivity index (χ0n) is 10.2. The maximum Gasteiger partial charge on any atom is 0.104 e. The fraction of sp³-hybridized carbons (Fsp3) is 0.200. The standard InChI is InChI=1S/C15H14BrClO/c1-9-5-10(2)7-12(6-9)15(18)11-3-4-14(17)13(16)8-11/h3-8,15,18H,1-2H3. The third kappa shape index (κ3) is 2.94. The first-order chi connectivity index (χ1) is 8.47. The topological polar surface area (TPSA) is 20.2 Å². The molecule has 94 valence electrons. The number of rotatable bonds is 2. The van der Waals surface area contributed by atoms with Gasteiger partial charge in [-0.25, -0.2) is 0 Å². The van der Waals surface area contributed by atoms with Gasteiger partial charge in [-0.3, -0.25) is 0 Å². The predicted octanol–water partition coefficient (Wildman–Crippen LogP) is 4.80. The minimum Gasteiger partial charge on any atom is -0.384 e. The van der Waals surface area contributed by atoms with E-state index < -0.39 is 6.10 Å². The second kappa shape index (κ2) is 5.43. The highest BCUT2D eigenvalue weighted by Gasteiger charge is 2.12. The van der Waals surface area contributed by atoms with Crippen molar-refractivity contribution >= 4 is 27.5 Å². The van der Waals surface area contributed by atoms with Gasteiger partial charge in [0.05, 0.1) is 5.02 Å². The lowest BCUT2D eigenvalue weighted by Gasteiger charge is -2.14.